The first-order valence-electron chi connectivity index (χ1n) is 7.45. The van der Waals surface area contributed by atoms with Gasteiger partial charge in [-0.25, -0.2) is 4.98 Å². The zero-order valence-corrected chi connectivity index (χ0v) is 15.8. The zero-order chi connectivity index (χ0) is 14.9. The molecule has 0 aliphatic carbocycles. The van der Waals surface area contributed by atoms with Crippen LogP contribution in [0.4, 0.5) is 5.13 Å². The fourth-order valence-corrected chi connectivity index (χ4v) is 3.15. The van der Waals surface area contributed by atoms with Gasteiger partial charge in [0.05, 0.1) is 18.8 Å². The summed E-state index contributed by atoms with van der Waals surface area (Å²) >= 11 is 1.70. The average Bonchev–Trinajstić information content (AvgIpc) is 3.14. The number of carbonyl (C=O) groups excluding carboxylic acids is 1. The van der Waals surface area contributed by atoms with E-state index in [-0.39, 0.29) is 30.7 Å². The molecular weight excluding hydrogens is 359 g/mol. The van der Waals surface area contributed by atoms with Crippen LogP contribution in [0.15, 0.2) is 5.38 Å². The van der Waals surface area contributed by atoms with Crippen molar-refractivity contribution >= 4 is 47.2 Å². The quantitative estimate of drug-likeness (QED) is 0.631. The van der Waals surface area contributed by atoms with Crippen LogP contribution < -0.4 is 15.5 Å². The van der Waals surface area contributed by atoms with Crippen LogP contribution in [0.2, 0.25) is 0 Å². The molecule has 1 aliphatic rings. The van der Waals surface area contributed by atoms with Crippen molar-refractivity contribution < 1.29 is 9.53 Å². The molecule has 1 aliphatic heterocycles. The second-order valence-corrected chi connectivity index (χ2v) is 5.92. The standard InChI is InChI=1S/C14H24N4O2S.2ClH/c1-20-9-6-15-10-13(19)16-5-4-12-11-21-14(17-12)18-7-2-3-8-18;;/h11,15H,2-10H2,1H3,(H,16,19);2*1H. The van der Waals surface area contributed by atoms with Crippen molar-refractivity contribution in [3.8, 4) is 0 Å². The number of nitrogens with zero attached hydrogens (tertiary/aromatic N) is 2. The number of aromatic nitrogens is 1. The maximum absolute atomic E-state index is 11.6. The van der Waals surface area contributed by atoms with Crippen molar-refractivity contribution in [2.24, 2.45) is 0 Å². The number of thiazole rings is 1. The number of hydrogen-bond donors (Lipinski definition) is 2. The Labute approximate surface area is 154 Å². The fourth-order valence-electron chi connectivity index (χ4n) is 2.23. The van der Waals surface area contributed by atoms with Gasteiger partial charge in [-0.2, -0.15) is 0 Å². The minimum Gasteiger partial charge on any atom is -0.383 e. The van der Waals surface area contributed by atoms with E-state index >= 15 is 0 Å². The first kappa shape index (κ1) is 22.4. The smallest absolute Gasteiger partial charge is 0.233 e. The van der Waals surface area contributed by atoms with Gasteiger partial charge >= 0.3 is 0 Å². The Balaban J connectivity index is 0.00000242. The summed E-state index contributed by atoms with van der Waals surface area (Å²) in [5, 5.41) is 9.13. The molecule has 0 radical (unpaired) electrons. The molecule has 9 heteroatoms. The maximum Gasteiger partial charge on any atom is 0.233 e. The van der Waals surface area contributed by atoms with E-state index in [0.717, 1.165) is 30.3 Å². The normalized spacial score (nSPS) is 13.3. The molecule has 1 aromatic rings. The molecule has 134 valence electrons. The molecule has 23 heavy (non-hydrogen) atoms. The van der Waals surface area contributed by atoms with E-state index in [1.165, 1.54) is 12.8 Å². The third kappa shape index (κ3) is 8.17. The van der Waals surface area contributed by atoms with Gasteiger partial charge in [-0.05, 0) is 12.8 Å². The first-order valence-corrected chi connectivity index (χ1v) is 8.33. The lowest BCUT2D eigenvalue weighted by atomic mass is 10.3. The van der Waals surface area contributed by atoms with Crippen molar-refractivity contribution in [2.75, 3.05) is 51.3 Å². The lowest BCUT2D eigenvalue weighted by Crippen LogP contribution is -2.36. The van der Waals surface area contributed by atoms with Gasteiger partial charge in [0, 0.05) is 45.1 Å². The minimum atomic E-state index is 0. The zero-order valence-electron chi connectivity index (χ0n) is 13.4. The van der Waals surface area contributed by atoms with E-state index in [1.54, 1.807) is 18.4 Å². The summed E-state index contributed by atoms with van der Waals surface area (Å²) in [6.07, 6.45) is 3.32. The molecule has 0 bridgehead atoms. The number of ether oxygens (including phenoxy) is 1. The molecule has 1 amide bonds. The molecule has 2 N–H and O–H groups in total. The number of halogens is 2. The highest BCUT2D eigenvalue weighted by Gasteiger charge is 2.15. The Morgan fingerprint density at radius 2 is 2.09 bits per heavy atom. The topological polar surface area (TPSA) is 66.5 Å². The number of carbonyl (C=O) groups is 1. The summed E-state index contributed by atoms with van der Waals surface area (Å²) < 4.78 is 4.90. The number of amides is 1. The van der Waals surface area contributed by atoms with E-state index < -0.39 is 0 Å². The monoisotopic (exact) mass is 384 g/mol. The van der Waals surface area contributed by atoms with Crippen molar-refractivity contribution in [3.05, 3.63) is 11.1 Å². The number of hydrogen-bond acceptors (Lipinski definition) is 6. The van der Waals surface area contributed by atoms with E-state index in [1.807, 2.05) is 0 Å². The highest BCUT2D eigenvalue weighted by molar-refractivity contribution is 7.13. The molecule has 1 aromatic heterocycles. The van der Waals surface area contributed by atoms with E-state index in [2.05, 4.69) is 25.9 Å². The molecule has 0 saturated carbocycles. The number of methoxy groups -OCH3 is 1. The lowest BCUT2D eigenvalue weighted by molar-refractivity contribution is -0.120. The molecule has 6 nitrogen and oxygen atoms in total. The van der Waals surface area contributed by atoms with Gasteiger partial charge in [0.25, 0.3) is 0 Å². The van der Waals surface area contributed by atoms with Gasteiger partial charge in [0.1, 0.15) is 0 Å². The molecule has 0 unspecified atom stereocenters. The van der Waals surface area contributed by atoms with Crippen molar-refractivity contribution in [1.82, 2.24) is 15.6 Å². The van der Waals surface area contributed by atoms with Gasteiger partial charge in [-0.3, -0.25) is 4.79 Å². The summed E-state index contributed by atoms with van der Waals surface area (Å²) in [7, 11) is 1.64. The second-order valence-electron chi connectivity index (χ2n) is 5.09. The molecule has 1 saturated heterocycles. The average molecular weight is 385 g/mol. The van der Waals surface area contributed by atoms with Crippen LogP contribution in [-0.2, 0) is 16.0 Å². The van der Waals surface area contributed by atoms with Gasteiger partial charge < -0.3 is 20.3 Å². The summed E-state index contributed by atoms with van der Waals surface area (Å²) in [6.45, 7) is 4.52. The molecule has 2 rings (SSSR count). The summed E-state index contributed by atoms with van der Waals surface area (Å²) in [4.78, 5) is 18.5. The van der Waals surface area contributed by atoms with Gasteiger partial charge in [0.2, 0.25) is 5.91 Å². The maximum atomic E-state index is 11.6. The summed E-state index contributed by atoms with van der Waals surface area (Å²) in [5.41, 5.74) is 1.06. The van der Waals surface area contributed by atoms with Crippen LogP contribution in [0.1, 0.15) is 18.5 Å². The summed E-state index contributed by atoms with van der Waals surface area (Å²) in [5.74, 6) is 0.0149. The van der Waals surface area contributed by atoms with E-state index in [4.69, 9.17) is 4.74 Å². The second kappa shape index (κ2) is 12.8. The SMILES string of the molecule is COCCNCC(=O)NCCc1csc(N2CCCC2)n1.Cl.Cl. The highest BCUT2D eigenvalue weighted by atomic mass is 35.5. The third-order valence-electron chi connectivity index (χ3n) is 3.39. The molecule has 0 atom stereocenters. The van der Waals surface area contributed by atoms with E-state index in [0.29, 0.717) is 26.2 Å². The van der Waals surface area contributed by atoms with Crippen LogP contribution in [0, 0.1) is 0 Å². The molecular formula is C14H26Cl2N4O2S. The number of rotatable bonds is 9. The Bertz CT molecular complexity index is 442. The molecule has 0 aromatic carbocycles. The Morgan fingerprint density at radius 3 is 2.78 bits per heavy atom. The Kier molecular flexibility index (Phi) is 12.4. The molecule has 0 spiro atoms. The minimum absolute atomic E-state index is 0. The fraction of sp³-hybridized carbons (Fsp3) is 0.714. The van der Waals surface area contributed by atoms with Crippen LogP contribution in [0.3, 0.4) is 0 Å². The molecule has 2 heterocycles. The van der Waals surface area contributed by atoms with Crippen molar-refractivity contribution in [2.45, 2.75) is 19.3 Å². The highest BCUT2D eigenvalue weighted by Crippen LogP contribution is 2.24. The first-order chi connectivity index (χ1) is 10.3. The van der Waals surface area contributed by atoms with Gasteiger partial charge in [0.15, 0.2) is 5.13 Å². The Hall–Kier alpha value is -0.600. The predicted octanol–water partition coefficient (Wildman–Crippen LogP) is 1.48. The third-order valence-corrected chi connectivity index (χ3v) is 4.34. The van der Waals surface area contributed by atoms with Crippen LogP contribution in [-0.4, -0.2) is 57.3 Å². The van der Waals surface area contributed by atoms with Gasteiger partial charge in [-0.15, -0.1) is 36.2 Å². The van der Waals surface area contributed by atoms with Gasteiger partial charge in [-0.1, -0.05) is 0 Å². The predicted molar refractivity (Wildman–Crippen MR) is 99.5 cm³/mol. The lowest BCUT2D eigenvalue weighted by Gasteiger charge is -2.12. The number of nitrogens with one attached hydrogen (secondary N) is 2. The Morgan fingerprint density at radius 1 is 1.35 bits per heavy atom. The largest absolute Gasteiger partial charge is 0.383 e. The van der Waals surface area contributed by atoms with Crippen LogP contribution >= 0.6 is 36.2 Å². The number of anilines is 1. The van der Waals surface area contributed by atoms with Crippen LogP contribution in [0.5, 0.6) is 0 Å². The molecule has 1 fully saturated rings. The summed E-state index contributed by atoms with van der Waals surface area (Å²) in [6, 6.07) is 0. The van der Waals surface area contributed by atoms with E-state index in [9.17, 15) is 4.79 Å². The van der Waals surface area contributed by atoms with Crippen molar-refractivity contribution in [1.29, 1.82) is 0 Å². The van der Waals surface area contributed by atoms with Crippen LogP contribution in [0.25, 0.3) is 0 Å². The van der Waals surface area contributed by atoms with Crippen molar-refractivity contribution in [3.63, 3.8) is 0 Å².